The van der Waals surface area contributed by atoms with E-state index in [0.29, 0.717) is 18.8 Å². The van der Waals surface area contributed by atoms with Crippen molar-refractivity contribution in [3.05, 3.63) is 23.3 Å². The minimum atomic E-state index is -1.16. The molecular weight excluding hydrogens is 172 g/mol. The van der Waals surface area contributed by atoms with Crippen molar-refractivity contribution in [1.29, 1.82) is 0 Å². The van der Waals surface area contributed by atoms with Crippen LogP contribution in [0, 0.1) is 0 Å². The Kier molecular flexibility index (Phi) is 1.62. The number of carbonyl (C=O) groups is 1. The lowest BCUT2D eigenvalue weighted by Gasteiger charge is -2.05. The molecule has 0 spiro atoms. The number of rotatable bonds is 1. The van der Waals surface area contributed by atoms with E-state index in [-0.39, 0.29) is 11.3 Å². The third-order valence-electron chi connectivity index (χ3n) is 2.05. The zero-order chi connectivity index (χ0) is 9.42. The van der Waals surface area contributed by atoms with E-state index in [0.717, 1.165) is 5.56 Å². The fraction of sp³-hybridized carbons (Fsp3) is 0.222. The van der Waals surface area contributed by atoms with E-state index in [9.17, 15) is 9.90 Å². The van der Waals surface area contributed by atoms with Crippen molar-refractivity contribution in [2.75, 3.05) is 6.61 Å². The van der Waals surface area contributed by atoms with Gasteiger partial charge < -0.3 is 14.9 Å². The molecule has 1 aromatic rings. The van der Waals surface area contributed by atoms with Gasteiger partial charge in [-0.15, -0.1) is 0 Å². The second-order valence-corrected chi connectivity index (χ2v) is 2.85. The maximum atomic E-state index is 10.7. The van der Waals surface area contributed by atoms with Gasteiger partial charge >= 0.3 is 5.97 Å². The van der Waals surface area contributed by atoms with Gasteiger partial charge in [0, 0.05) is 6.42 Å². The summed E-state index contributed by atoms with van der Waals surface area (Å²) in [6, 6.07) is 3.07. The van der Waals surface area contributed by atoms with Crippen LogP contribution in [0.15, 0.2) is 12.1 Å². The Labute approximate surface area is 74.4 Å². The lowest BCUT2D eigenvalue weighted by molar-refractivity contribution is 0.0690. The molecule has 0 saturated carbocycles. The van der Waals surface area contributed by atoms with Crippen molar-refractivity contribution in [1.82, 2.24) is 0 Å². The van der Waals surface area contributed by atoms with Crippen molar-refractivity contribution < 1.29 is 19.7 Å². The third-order valence-corrected chi connectivity index (χ3v) is 2.05. The van der Waals surface area contributed by atoms with E-state index in [1.165, 1.54) is 6.07 Å². The highest BCUT2D eigenvalue weighted by molar-refractivity contribution is 5.94. The summed E-state index contributed by atoms with van der Waals surface area (Å²) in [7, 11) is 0. The largest absolute Gasteiger partial charge is 0.507 e. The molecule has 1 heterocycles. The monoisotopic (exact) mass is 180 g/mol. The van der Waals surface area contributed by atoms with E-state index in [1.54, 1.807) is 6.07 Å². The highest BCUT2D eigenvalue weighted by atomic mass is 16.5. The number of carboxylic acid groups (broad SMARTS) is 1. The Morgan fingerprint density at radius 1 is 1.46 bits per heavy atom. The second-order valence-electron chi connectivity index (χ2n) is 2.85. The number of ether oxygens (including phenoxy) is 1. The molecule has 2 rings (SSSR count). The molecule has 0 amide bonds. The molecule has 0 atom stereocenters. The Hall–Kier alpha value is -1.71. The predicted octanol–water partition coefficient (Wildman–Crippen LogP) is 1.03. The quantitative estimate of drug-likeness (QED) is 0.677. The SMILES string of the molecule is O=C(O)c1c(O)ccc2c1OCC2. The van der Waals surface area contributed by atoms with Crippen molar-refractivity contribution >= 4 is 5.97 Å². The van der Waals surface area contributed by atoms with Gasteiger partial charge in [0.1, 0.15) is 17.1 Å². The van der Waals surface area contributed by atoms with Crippen LogP contribution in [0.3, 0.4) is 0 Å². The molecule has 0 bridgehead atoms. The molecule has 1 aliphatic heterocycles. The first-order chi connectivity index (χ1) is 6.20. The van der Waals surface area contributed by atoms with Gasteiger partial charge in [0.25, 0.3) is 0 Å². The van der Waals surface area contributed by atoms with Gasteiger partial charge in [-0.25, -0.2) is 4.79 Å². The Morgan fingerprint density at radius 3 is 2.92 bits per heavy atom. The van der Waals surface area contributed by atoms with Gasteiger partial charge in [-0.05, 0) is 11.6 Å². The van der Waals surface area contributed by atoms with Gasteiger partial charge in [-0.2, -0.15) is 0 Å². The van der Waals surface area contributed by atoms with E-state index in [1.807, 2.05) is 0 Å². The number of aromatic hydroxyl groups is 1. The van der Waals surface area contributed by atoms with Gasteiger partial charge in [0.15, 0.2) is 0 Å². The number of aromatic carboxylic acids is 1. The fourth-order valence-corrected chi connectivity index (χ4v) is 1.45. The van der Waals surface area contributed by atoms with Gasteiger partial charge in [-0.3, -0.25) is 0 Å². The number of hydrogen-bond acceptors (Lipinski definition) is 3. The molecule has 0 unspecified atom stereocenters. The van der Waals surface area contributed by atoms with Crippen molar-refractivity contribution in [3.63, 3.8) is 0 Å². The van der Waals surface area contributed by atoms with Crippen LogP contribution in [-0.2, 0) is 6.42 Å². The highest BCUT2D eigenvalue weighted by Crippen LogP contribution is 2.35. The first-order valence-corrected chi connectivity index (χ1v) is 3.91. The molecule has 1 aromatic carbocycles. The molecule has 4 nitrogen and oxygen atoms in total. The van der Waals surface area contributed by atoms with Crippen LogP contribution >= 0.6 is 0 Å². The molecule has 0 radical (unpaired) electrons. The van der Waals surface area contributed by atoms with E-state index in [4.69, 9.17) is 9.84 Å². The average molecular weight is 180 g/mol. The van der Waals surface area contributed by atoms with Crippen LogP contribution in [0.5, 0.6) is 11.5 Å². The fourth-order valence-electron chi connectivity index (χ4n) is 1.45. The van der Waals surface area contributed by atoms with Crippen molar-refractivity contribution in [2.45, 2.75) is 6.42 Å². The Bertz CT molecular complexity index is 370. The van der Waals surface area contributed by atoms with Gasteiger partial charge in [0.2, 0.25) is 0 Å². The maximum Gasteiger partial charge on any atom is 0.343 e. The molecule has 68 valence electrons. The molecule has 4 heteroatoms. The number of benzene rings is 1. The second kappa shape index (κ2) is 2.65. The van der Waals surface area contributed by atoms with Gasteiger partial charge in [-0.1, -0.05) is 6.07 Å². The summed E-state index contributed by atoms with van der Waals surface area (Å²) < 4.78 is 5.13. The topological polar surface area (TPSA) is 66.8 Å². The normalized spacial score (nSPS) is 13.5. The van der Waals surface area contributed by atoms with Crippen LogP contribution in [0.4, 0.5) is 0 Å². The standard InChI is InChI=1S/C9H8O4/c10-6-2-1-5-3-4-13-8(5)7(6)9(11)12/h1-2,10H,3-4H2,(H,11,12). The molecule has 1 aliphatic rings. The first kappa shape index (κ1) is 7.91. The predicted molar refractivity (Wildman–Crippen MR) is 44.3 cm³/mol. The zero-order valence-electron chi connectivity index (χ0n) is 6.78. The Morgan fingerprint density at radius 2 is 2.23 bits per heavy atom. The Balaban J connectivity index is 2.65. The maximum absolute atomic E-state index is 10.7. The van der Waals surface area contributed by atoms with Crippen molar-refractivity contribution in [2.24, 2.45) is 0 Å². The summed E-state index contributed by atoms with van der Waals surface area (Å²) in [6.45, 7) is 0.485. The molecule has 2 N–H and O–H groups in total. The van der Waals surface area contributed by atoms with Crippen LogP contribution in [-0.4, -0.2) is 22.8 Å². The summed E-state index contributed by atoms with van der Waals surface area (Å²) in [4.78, 5) is 10.7. The summed E-state index contributed by atoms with van der Waals surface area (Å²) >= 11 is 0. The lowest BCUT2D eigenvalue weighted by atomic mass is 10.1. The number of phenols is 1. The smallest absolute Gasteiger partial charge is 0.343 e. The molecule has 0 aromatic heterocycles. The van der Waals surface area contributed by atoms with Crippen LogP contribution < -0.4 is 4.74 Å². The zero-order valence-corrected chi connectivity index (χ0v) is 6.78. The average Bonchev–Trinajstić information content (AvgIpc) is 2.50. The molecule has 0 aliphatic carbocycles. The van der Waals surface area contributed by atoms with E-state index >= 15 is 0 Å². The minimum Gasteiger partial charge on any atom is -0.507 e. The van der Waals surface area contributed by atoms with E-state index < -0.39 is 5.97 Å². The molecular formula is C9H8O4. The molecule has 0 saturated heterocycles. The summed E-state index contributed by atoms with van der Waals surface area (Å²) in [5, 5.41) is 18.1. The van der Waals surface area contributed by atoms with E-state index in [2.05, 4.69) is 0 Å². The van der Waals surface area contributed by atoms with Gasteiger partial charge in [0.05, 0.1) is 6.61 Å². The summed E-state index contributed by atoms with van der Waals surface area (Å²) in [5.41, 5.74) is 0.713. The van der Waals surface area contributed by atoms with Crippen molar-refractivity contribution in [3.8, 4) is 11.5 Å². The molecule has 0 fully saturated rings. The number of fused-ring (bicyclic) bond motifs is 1. The first-order valence-electron chi connectivity index (χ1n) is 3.91. The van der Waals surface area contributed by atoms with Crippen LogP contribution in [0.1, 0.15) is 15.9 Å². The number of hydrogen-bond donors (Lipinski definition) is 2. The third kappa shape index (κ3) is 1.11. The minimum absolute atomic E-state index is 0.130. The summed E-state index contributed by atoms with van der Waals surface area (Å²) in [6.07, 6.45) is 0.704. The van der Waals surface area contributed by atoms with Crippen LogP contribution in [0.25, 0.3) is 0 Å². The lowest BCUT2D eigenvalue weighted by Crippen LogP contribution is -2.00. The summed E-state index contributed by atoms with van der Waals surface area (Å²) in [5.74, 6) is -1.09. The molecule has 13 heavy (non-hydrogen) atoms. The highest BCUT2D eigenvalue weighted by Gasteiger charge is 2.23. The van der Waals surface area contributed by atoms with Crippen LogP contribution in [0.2, 0.25) is 0 Å². The number of carboxylic acids is 1.